The van der Waals surface area contributed by atoms with Gasteiger partial charge < -0.3 is 4.74 Å². The summed E-state index contributed by atoms with van der Waals surface area (Å²) < 4.78 is 5.71. The van der Waals surface area contributed by atoms with Gasteiger partial charge in [0.05, 0.1) is 6.20 Å². The van der Waals surface area contributed by atoms with Crippen LogP contribution in [0.15, 0.2) is 48.8 Å². The molecule has 2 aromatic rings. The van der Waals surface area contributed by atoms with Gasteiger partial charge in [-0.3, -0.25) is 4.98 Å². The van der Waals surface area contributed by atoms with E-state index in [-0.39, 0.29) is 0 Å². The minimum absolute atomic E-state index is 0.755. The van der Waals surface area contributed by atoms with Crippen LogP contribution in [0.4, 0.5) is 0 Å². The number of halogens is 1. The van der Waals surface area contributed by atoms with E-state index in [2.05, 4.69) is 20.9 Å². The zero-order chi connectivity index (χ0) is 10.5. The SMILES string of the molecule is BrCc1ccccc1Oc1cccnc1. The molecular formula is C12H10BrNO. The molecule has 2 nitrogen and oxygen atoms in total. The van der Waals surface area contributed by atoms with Crippen molar-refractivity contribution in [3.05, 3.63) is 54.4 Å². The van der Waals surface area contributed by atoms with Crippen LogP contribution < -0.4 is 4.74 Å². The van der Waals surface area contributed by atoms with Crippen LogP contribution in [-0.2, 0) is 5.33 Å². The van der Waals surface area contributed by atoms with Gasteiger partial charge >= 0.3 is 0 Å². The quantitative estimate of drug-likeness (QED) is 0.787. The Balaban J connectivity index is 2.24. The zero-order valence-corrected chi connectivity index (χ0v) is 9.65. The summed E-state index contributed by atoms with van der Waals surface area (Å²) in [4.78, 5) is 4.00. The second-order valence-corrected chi connectivity index (χ2v) is 3.59. The van der Waals surface area contributed by atoms with Crippen LogP contribution in [0.3, 0.4) is 0 Å². The molecule has 0 amide bonds. The van der Waals surface area contributed by atoms with Crippen LogP contribution in [0.2, 0.25) is 0 Å². The molecule has 0 N–H and O–H groups in total. The molecule has 2 rings (SSSR count). The smallest absolute Gasteiger partial charge is 0.145 e. The highest BCUT2D eigenvalue weighted by molar-refractivity contribution is 9.08. The highest BCUT2D eigenvalue weighted by Gasteiger charge is 2.02. The number of pyridine rings is 1. The molecule has 3 heteroatoms. The van der Waals surface area contributed by atoms with Crippen molar-refractivity contribution >= 4 is 15.9 Å². The maximum atomic E-state index is 5.71. The Morgan fingerprint density at radius 2 is 2.00 bits per heavy atom. The van der Waals surface area contributed by atoms with E-state index in [1.54, 1.807) is 12.4 Å². The number of benzene rings is 1. The van der Waals surface area contributed by atoms with Crippen molar-refractivity contribution in [2.75, 3.05) is 0 Å². The van der Waals surface area contributed by atoms with Crippen LogP contribution in [0, 0.1) is 0 Å². The molecule has 0 saturated heterocycles. The van der Waals surface area contributed by atoms with Gasteiger partial charge in [-0.05, 0) is 18.2 Å². The first-order valence-electron chi connectivity index (χ1n) is 4.62. The zero-order valence-electron chi connectivity index (χ0n) is 8.06. The Morgan fingerprint density at radius 1 is 1.13 bits per heavy atom. The van der Waals surface area contributed by atoms with E-state index in [4.69, 9.17) is 4.74 Å². The van der Waals surface area contributed by atoms with Crippen molar-refractivity contribution in [3.8, 4) is 11.5 Å². The summed E-state index contributed by atoms with van der Waals surface area (Å²) in [6.45, 7) is 0. The summed E-state index contributed by atoms with van der Waals surface area (Å²) in [6, 6.07) is 11.7. The van der Waals surface area contributed by atoms with Crippen LogP contribution in [0.5, 0.6) is 11.5 Å². The van der Waals surface area contributed by atoms with Crippen molar-refractivity contribution < 1.29 is 4.74 Å². The molecule has 0 spiro atoms. The molecule has 76 valence electrons. The standard InChI is InChI=1S/C12H10BrNO/c13-8-10-4-1-2-6-12(10)15-11-5-3-7-14-9-11/h1-7,9H,8H2. The summed E-state index contributed by atoms with van der Waals surface area (Å²) in [5.74, 6) is 1.62. The average molecular weight is 264 g/mol. The largest absolute Gasteiger partial charge is 0.455 e. The van der Waals surface area contributed by atoms with Crippen LogP contribution in [-0.4, -0.2) is 4.98 Å². The topological polar surface area (TPSA) is 22.1 Å². The molecule has 0 fully saturated rings. The number of ether oxygens (including phenoxy) is 1. The Hall–Kier alpha value is -1.35. The molecule has 0 bridgehead atoms. The van der Waals surface area contributed by atoms with Gasteiger partial charge in [0.2, 0.25) is 0 Å². The average Bonchev–Trinajstić information content (AvgIpc) is 2.31. The number of rotatable bonds is 3. The Morgan fingerprint density at radius 3 is 2.73 bits per heavy atom. The molecule has 1 aromatic heterocycles. The number of alkyl halides is 1. The van der Waals surface area contributed by atoms with E-state index in [9.17, 15) is 0 Å². The maximum absolute atomic E-state index is 5.71. The molecule has 0 unspecified atom stereocenters. The Bertz CT molecular complexity index is 431. The van der Waals surface area contributed by atoms with Gasteiger partial charge in [0.1, 0.15) is 11.5 Å². The van der Waals surface area contributed by atoms with Crippen LogP contribution >= 0.6 is 15.9 Å². The molecule has 15 heavy (non-hydrogen) atoms. The summed E-state index contributed by atoms with van der Waals surface area (Å²) in [5.41, 5.74) is 1.13. The number of para-hydroxylation sites is 1. The minimum Gasteiger partial charge on any atom is -0.455 e. The number of nitrogens with zero attached hydrogens (tertiary/aromatic N) is 1. The number of aromatic nitrogens is 1. The van der Waals surface area contributed by atoms with Crippen LogP contribution in [0.1, 0.15) is 5.56 Å². The van der Waals surface area contributed by atoms with E-state index < -0.39 is 0 Å². The lowest BCUT2D eigenvalue weighted by atomic mass is 10.2. The second-order valence-electron chi connectivity index (χ2n) is 3.03. The molecule has 1 aromatic carbocycles. The van der Waals surface area contributed by atoms with E-state index in [0.717, 1.165) is 22.4 Å². The predicted octanol–water partition coefficient (Wildman–Crippen LogP) is 3.77. The molecule has 0 radical (unpaired) electrons. The van der Waals surface area contributed by atoms with Crippen molar-refractivity contribution in [1.82, 2.24) is 4.98 Å². The maximum Gasteiger partial charge on any atom is 0.145 e. The second kappa shape index (κ2) is 4.94. The van der Waals surface area contributed by atoms with E-state index in [1.165, 1.54) is 0 Å². The van der Waals surface area contributed by atoms with Gasteiger partial charge in [0.25, 0.3) is 0 Å². The molecule has 0 atom stereocenters. The Labute approximate surface area is 97.1 Å². The summed E-state index contributed by atoms with van der Waals surface area (Å²) >= 11 is 3.43. The third-order valence-electron chi connectivity index (χ3n) is 1.98. The lowest BCUT2D eigenvalue weighted by Crippen LogP contribution is -1.89. The van der Waals surface area contributed by atoms with Crippen molar-refractivity contribution in [1.29, 1.82) is 0 Å². The lowest BCUT2D eigenvalue weighted by molar-refractivity contribution is 0.476. The van der Waals surface area contributed by atoms with E-state index in [1.807, 2.05) is 36.4 Å². The third kappa shape index (κ3) is 2.57. The molecule has 0 saturated carbocycles. The lowest BCUT2D eigenvalue weighted by Gasteiger charge is -2.08. The monoisotopic (exact) mass is 263 g/mol. The van der Waals surface area contributed by atoms with Crippen molar-refractivity contribution in [2.45, 2.75) is 5.33 Å². The van der Waals surface area contributed by atoms with Crippen molar-refractivity contribution in [3.63, 3.8) is 0 Å². The number of hydrogen-bond acceptors (Lipinski definition) is 2. The predicted molar refractivity (Wildman–Crippen MR) is 63.4 cm³/mol. The van der Waals surface area contributed by atoms with Gasteiger partial charge in [0, 0.05) is 17.1 Å². The highest BCUT2D eigenvalue weighted by Crippen LogP contribution is 2.25. The summed E-state index contributed by atoms with van der Waals surface area (Å²) in [5, 5.41) is 0.781. The van der Waals surface area contributed by atoms with Crippen LogP contribution in [0.25, 0.3) is 0 Å². The van der Waals surface area contributed by atoms with Crippen molar-refractivity contribution in [2.24, 2.45) is 0 Å². The van der Waals surface area contributed by atoms with Gasteiger partial charge in [-0.1, -0.05) is 34.1 Å². The molecule has 1 heterocycles. The highest BCUT2D eigenvalue weighted by atomic mass is 79.9. The Kier molecular flexibility index (Phi) is 3.35. The van der Waals surface area contributed by atoms with E-state index >= 15 is 0 Å². The third-order valence-corrected chi connectivity index (χ3v) is 2.58. The number of hydrogen-bond donors (Lipinski definition) is 0. The molecular weight excluding hydrogens is 254 g/mol. The normalized spacial score (nSPS) is 9.93. The first kappa shape index (κ1) is 10.2. The summed E-state index contributed by atoms with van der Waals surface area (Å²) in [6.07, 6.45) is 3.42. The van der Waals surface area contributed by atoms with Gasteiger partial charge in [0.15, 0.2) is 0 Å². The van der Waals surface area contributed by atoms with Gasteiger partial charge in [-0.15, -0.1) is 0 Å². The molecule has 0 aliphatic heterocycles. The van der Waals surface area contributed by atoms with Gasteiger partial charge in [-0.25, -0.2) is 0 Å². The first-order chi connectivity index (χ1) is 7.40. The fourth-order valence-electron chi connectivity index (χ4n) is 1.25. The van der Waals surface area contributed by atoms with Gasteiger partial charge in [-0.2, -0.15) is 0 Å². The first-order valence-corrected chi connectivity index (χ1v) is 5.74. The fourth-order valence-corrected chi connectivity index (χ4v) is 1.71. The fraction of sp³-hybridized carbons (Fsp3) is 0.0833. The minimum atomic E-state index is 0.755. The molecule has 0 aliphatic rings. The summed E-state index contributed by atoms with van der Waals surface area (Å²) in [7, 11) is 0. The molecule has 0 aliphatic carbocycles. The van der Waals surface area contributed by atoms with E-state index in [0.29, 0.717) is 0 Å².